The summed E-state index contributed by atoms with van der Waals surface area (Å²) in [6.07, 6.45) is -0.160. The number of benzene rings is 2. The molecule has 2 aromatic carbocycles. The number of nitrogens with one attached hydrogen (secondary N) is 1. The number of anilines is 2. The summed E-state index contributed by atoms with van der Waals surface area (Å²) >= 11 is 0. The number of carboxylic acids is 1. The smallest absolute Gasteiger partial charge is 0.307 e. The Morgan fingerprint density at radius 3 is 2.35 bits per heavy atom. The number of carboxylic acid groups (broad SMARTS) is 1. The third-order valence-electron chi connectivity index (χ3n) is 3.20. The zero-order chi connectivity index (χ0) is 17.0. The monoisotopic (exact) mass is 334 g/mol. The lowest BCUT2D eigenvalue weighted by Gasteiger charge is -2.13. The average molecular weight is 334 g/mol. The molecule has 2 aromatic rings. The van der Waals surface area contributed by atoms with E-state index in [-0.39, 0.29) is 11.3 Å². The largest absolute Gasteiger partial charge is 0.481 e. The van der Waals surface area contributed by atoms with Gasteiger partial charge in [-0.15, -0.1) is 0 Å². The third kappa shape index (κ3) is 4.46. The van der Waals surface area contributed by atoms with Gasteiger partial charge in [0, 0.05) is 25.5 Å². The fourth-order valence-electron chi connectivity index (χ4n) is 2.06. The molecule has 0 atom stereocenters. The van der Waals surface area contributed by atoms with Gasteiger partial charge in [0.1, 0.15) is 0 Å². The quantitative estimate of drug-likeness (QED) is 0.845. The summed E-state index contributed by atoms with van der Waals surface area (Å²) in [7, 11) is 0.0245. The van der Waals surface area contributed by atoms with Crippen molar-refractivity contribution in [3.63, 3.8) is 0 Å². The van der Waals surface area contributed by atoms with Crippen LogP contribution >= 0.6 is 0 Å². The Kier molecular flexibility index (Phi) is 4.90. The van der Waals surface area contributed by atoms with Crippen LogP contribution in [0.3, 0.4) is 0 Å². The van der Waals surface area contributed by atoms with Crippen molar-refractivity contribution in [2.24, 2.45) is 0 Å². The number of hydrogen-bond acceptors (Lipinski definition) is 4. The fraction of sp³-hybridized carbons (Fsp3) is 0.188. The third-order valence-corrected chi connectivity index (χ3v) is 4.60. The molecule has 0 amide bonds. The number of aliphatic carboxylic acids is 1. The van der Waals surface area contributed by atoms with Crippen molar-refractivity contribution >= 4 is 27.4 Å². The topological polar surface area (TPSA) is 86.7 Å². The zero-order valence-electron chi connectivity index (χ0n) is 12.9. The summed E-state index contributed by atoms with van der Waals surface area (Å²) in [4.78, 5) is 12.8. The van der Waals surface area contributed by atoms with Crippen LogP contribution in [0.4, 0.5) is 11.4 Å². The summed E-state index contributed by atoms with van der Waals surface area (Å²) in [6, 6.07) is 12.8. The standard InChI is InChI=1S/C16H18N2O4S/c1-18(2)14-6-8-15(9-7-14)23(21,22)17-13-5-3-4-12(10-13)11-16(19)20/h3-10,17H,11H2,1-2H3,(H,19,20). The molecule has 0 bridgehead atoms. The molecule has 23 heavy (non-hydrogen) atoms. The SMILES string of the molecule is CN(C)c1ccc(S(=O)(=O)Nc2cccc(CC(=O)O)c2)cc1. The number of nitrogens with zero attached hydrogens (tertiary/aromatic N) is 1. The van der Waals surface area contributed by atoms with E-state index in [1.165, 1.54) is 18.2 Å². The molecule has 6 nitrogen and oxygen atoms in total. The molecule has 0 saturated heterocycles. The number of hydrogen-bond donors (Lipinski definition) is 2. The summed E-state index contributed by atoms with van der Waals surface area (Å²) < 4.78 is 27.2. The van der Waals surface area contributed by atoms with Crippen molar-refractivity contribution in [3.05, 3.63) is 54.1 Å². The van der Waals surface area contributed by atoms with Gasteiger partial charge in [0.15, 0.2) is 0 Å². The number of carbonyl (C=O) groups is 1. The molecule has 0 aliphatic rings. The molecule has 2 rings (SSSR count). The molecule has 7 heteroatoms. The van der Waals surface area contributed by atoms with E-state index in [1.807, 2.05) is 19.0 Å². The van der Waals surface area contributed by atoms with Crippen molar-refractivity contribution in [1.82, 2.24) is 0 Å². The van der Waals surface area contributed by atoms with E-state index in [1.54, 1.807) is 30.3 Å². The van der Waals surface area contributed by atoms with E-state index in [9.17, 15) is 13.2 Å². The number of sulfonamides is 1. The first kappa shape index (κ1) is 16.8. The van der Waals surface area contributed by atoms with E-state index >= 15 is 0 Å². The molecular weight excluding hydrogens is 316 g/mol. The summed E-state index contributed by atoms with van der Waals surface area (Å²) in [5.74, 6) is -0.968. The van der Waals surface area contributed by atoms with E-state index in [4.69, 9.17) is 5.11 Å². The lowest BCUT2D eigenvalue weighted by Crippen LogP contribution is -2.14. The Balaban J connectivity index is 2.22. The molecule has 122 valence electrons. The van der Waals surface area contributed by atoms with Gasteiger partial charge in [-0.1, -0.05) is 12.1 Å². The maximum absolute atomic E-state index is 12.4. The van der Waals surface area contributed by atoms with Gasteiger partial charge in [0.05, 0.1) is 11.3 Å². The number of rotatable bonds is 6. The van der Waals surface area contributed by atoms with Gasteiger partial charge in [-0.3, -0.25) is 9.52 Å². The second-order valence-corrected chi connectivity index (χ2v) is 6.95. The van der Waals surface area contributed by atoms with Crippen LogP contribution in [0.2, 0.25) is 0 Å². The highest BCUT2D eigenvalue weighted by Gasteiger charge is 2.14. The highest BCUT2D eigenvalue weighted by atomic mass is 32.2. The minimum Gasteiger partial charge on any atom is -0.481 e. The highest BCUT2D eigenvalue weighted by molar-refractivity contribution is 7.92. The first-order valence-electron chi connectivity index (χ1n) is 6.89. The molecule has 0 fully saturated rings. The molecule has 0 radical (unpaired) electrons. The van der Waals surface area contributed by atoms with Gasteiger partial charge >= 0.3 is 5.97 Å². The lowest BCUT2D eigenvalue weighted by molar-refractivity contribution is -0.136. The van der Waals surface area contributed by atoms with Crippen LogP contribution in [0.15, 0.2) is 53.4 Å². The average Bonchev–Trinajstić information content (AvgIpc) is 2.46. The lowest BCUT2D eigenvalue weighted by atomic mass is 10.1. The highest BCUT2D eigenvalue weighted by Crippen LogP contribution is 2.20. The molecule has 0 heterocycles. The van der Waals surface area contributed by atoms with Crippen molar-refractivity contribution in [2.75, 3.05) is 23.7 Å². The van der Waals surface area contributed by atoms with Crippen LogP contribution in [0.5, 0.6) is 0 Å². The minimum absolute atomic E-state index is 0.145. The van der Waals surface area contributed by atoms with Gasteiger partial charge in [-0.05, 0) is 42.0 Å². The maximum Gasteiger partial charge on any atom is 0.307 e. The second-order valence-electron chi connectivity index (χ2n) is 5.26. The van der Waals surface area contributed by atoms with Gasteiger partial charge in [-0.25, -0.2) is 8.42 Å². The van der Waals surface area contributed by atoms with Crippen LogP contribution in [0.25, 0.3) is 0 Å². The summed E-state index contributed by atoms with van der Waals surface area (Å²) in [5.41, 5.74) is 1.76. The van der Waals surface area contributed by atoms with Crippen LogP contribution in [-0.2, 0) is 21.2 Å². The fourth-order valence-corrected chi connectivity index (χ4v) is 3.11. The molecule has 0 spiro atoms. The predicted molar refractivity (Wildman–Crippen MR) is 89.4 cm³/mol. The van der Waals surface area contributed by atoms with Gasteiger partial charge in [0.25, 0.3) is 10.0 Å². The van der Waals surface area contributed by atoms with Gasteiger partial charge in [0.2, 0.25) is 0 Å². The molecule has 0 aromatic heterocycles. The van der Waals surface area contributed by atoms with Gasteiger partial charge < -0.3 is 10.0 Å². The van der Waals surface area contributed by atoms with E-state index in [0.29, 0.717) is 11.3 Å². The first-order chi connectivity index (χ1) is 10.8. The molecule has 0 aliphatic carbocycles. The van der Waals surface area contributed by atoms with E-state index < -0.39 is 16.0 Å². The Hall–Kier alpha value is -2.54. The second kappa shape index (κ2) is 6.70. The Morgan fingerprint density at radius 2 is 1.78 bits per heavy atom. The first-order valence-corrected chi connectivity index (χ1v) is 8.37. The van der Waals surface area contributed by atoms with E-state index in [2.05, 4.69) is 4.72 Å². The Labute approximate surface area is 135 Å². The Bertz CT molecular complexity index is 799. The van der Waals surface area contributed by atoms with Crippen molar-refractivity contribution < 1.29 is 18.3 Å². The van der Waals surface area contributed by atoms with Crippen molar-refractivity contribution in [1.29, 1.82) is 0 Å². The minimum atomic E-state index is -3.72. The van der Waals surface area contributed by atoms with Crippen LogP contribution in [-0.4, -0.2) is 33.6 Å². The van der Waals surface area contributed by atoms with Crippen LogP contribution in [0.1, 0.15) is 5.56 Å². The summed E-state index contributed by atoms with van der Waals surface area (Å²) in [6.45, 7) is 0. The van der Waals surface area contributed by atoms with Crippen LogP contribution in [0, 0.1) is 0 Å². The molecular formula is C16H18N2O4S. The van der Waals surface area contributed by atoms with Crippen LogP contribution < -0.4 is 9.62 Å². The maximum atomic E-state index is 12.4. The van der Waals surface area contributed by atoms with Crippen molar-refractivity contribution in [2.45, 2.75) is 11.3 Å². The zero-order valence-corrected chi connectivity index (χ0v) is 13.7. The van der Waals surface area contributed by atoms with E-state index in [0.717, 1.165) is 5.69 Å². The molecule has 0 saturated carbocycles. The Morgan fingerprint density at radius 1 is 1.13 bits per heavy atom. The predicted octanol–water partition coefficient (Wildman–Crippen LogP) is 2.18. The van der Waals surface area contributed by atoms with Gasteiger partial charge in [-0.2, -0.15) is 0 Å². The molecule has 0 unspecified atom stereocenters. The van der Waals surface area contributed by atoms with Crippen molar-refractivity contribution in [3.8, 4) is 0 Å². The summed E-state index contributed by atoms with van der Waals surface area (Å²) in [5, 5.41) is 8.80. The molecule has 0 aliphatic heterocycles. The normalized spacial score (nSPS) is 11.0. The molecule has 2 N–H and O–H groups in total.